The van der Waals surface area contributed by atoms with E-state index in [0.29, 0.717) is 34.2 Å². The van der Waals surface area contributed by atoms with Crippen LogP contribution in [0.4, 0.5) is 5.69 Å². The van der Waals surface area contributed by atoms with Gasteiger partial charge in [-0.15, -0.1) is 0 Å². The van der Waals surface area contributed by atoms with E-state index in [1.165, 1.54) is 4.68 Å². The summed E-state index contributed by atoms with van der Waals surface area (Å²) in [5, 5.41) is 7.49. The number of anilines is 1. The summed E-state index contributed by atoms with van der Waals surface area (Å²) >= 11 is 5.97. The Morgan fingerprint density at radius 3 is 2.66 bits per heavy atom. The Morgan fingerprint density at radius 1 is 1.24 bits per heavy atom. The second-order valence-electron chi connectivity index (χ2n) is 6.66. The van der Waals surface area contributed by atoms with Crippen LogP contribution < -0.4 is 11.1 Å². The number of nitrogens with one attached hydrogen (secondary N) is 1. The minimum atomic E-state index is -0.714. The number of aromatic nitrogens is 3. The zero-order chi connectivity index (χ0) is 20.7. The van der Waals surface area contributed by atoms with Gasteiger partial charge in [0.15, 0.2) is 11.3 Å². The highest BCUT2D eigenvalue weighted by atomic mass is 35.5. The van der Waals surface area contributed by atoms with E-state index >= 15 is 0 Å². The van der Waals surface area contributed by atoms with Gasteiger partial charge < -0.3 is 20.0 Å². The lowest BCUT2D eigenvalue weighted by Crippen LogP contribution is -2.21. The summed E-state index contributed by atoms with van der Waals surface area (Å²) in [5.74, 6) is -1.11. The minimum absolute atomic E-state index is 0.0119. The first-order valence-electron chi connectivity index (χ1n) is 8.81. The fourth-order valence-electron chi connectivity index (χ4n) is 3.22. The molecule has 0 atom stereocenters. The number of hydrogen-bond donors (Lipinski definition) is 2. The topological polar surface area (TPSA) is 108 Å². The van der Waals surface area contributed by atoms with E-state index in [2.05, 4.69) is 10.4 Å². The van der Waals surface area contributed by atoms with Crippen molar-refractivity contribution in [2.75, 3.05) is 5.32 Å². The molecule has 3 aromatic heterocycles. The van der Waals surface area contributed by atoms with Gasteiger partial charge in [0.25, 0.3) is 11.8 Å². The first-order chi connectivity index (χ1) is 13.8. The van der Waals surface area contributed by atoms with Crippen LogP contribution in [0.15, 0.2) is 47.1 Å². The normalized spacial score (nSPS) is 11.1. The predicted octanol–water partition coefficient (Wildman–Crippen LogP) is 3.33. The molecule has 0 spiro atoms. The number of carbonyl (C=O) groups excluding carboxylic acids is 2. The van der Waals surface area contributed by atoms with Crippen molar-refractivity contribution in [2.45, 2.75) is 13.5 Å². The highest BCUT2D eigenvalue weighted by molar-refractivity contribution is 6.30. The Bertz CT molecular complexity index is 1230. The number of furan rings is 1. The van der Waals surface area contributed by atoms with Crippen LogP contribution in [0.25, 0.3) is 11.1 Å². The molecule has 4 aromatic rings. The number of halogens is 1. The van der Waals surface area contributed by atoms with Gasteiger partial charge in [0.2, 0.25) is 0 Å². The molecule has 0 unspecified atom stereocenters. The lowest BCUT2D eigenvalue weighted by atomic mass is 10.2. The van der Waals surface area contributed by atoms with Crippen molar-refractivity contribution < 1.29 is 14.0 Å². The quantitative estimate of drug-likeness (QED) is 0.525. The molecule has 0 aliphatic carbocycles. The molecule has 4 rings (SSSR count). The summed E-state index contributed by atoms with van der Waals surface area (Å²) in [7, 11) is 1.67. The molecule has 0 aliphatic rings. The summed E-state index contributed by atoms with van der Waals surface area (Å²) < 4.78 is 8.81. The van der Waals surface area contributed by atoms with E-state index in [1.807, 2.05) is 16.7 Å². The van der Waals surface area contributed by atoms with Crippen molar-refractivity contribution in [2.24, 2.45) is 12.8 Å². The van der Waals surface area contributed by atoms with Gasteiger partial charge in [-0.25, -0.2) is 0 Å². The van der Waals surface area contributed by atoms with E-state index in [4.69, 9.17) is 21.8 Å². The largest absolute Gasteiger partial charge is 0.463 e. The SMILES string of the molecule is Cc1c(NC(=O)c2cc3occc3n2Cc2ccc(Cl)cc2)c(C(N)=O)nn1C. The molecular weight excluding hydrogens is 394 g/mol. The molecule has 0 bridgehead atoms. The van der Waals surface area contributed by atoms with Crippen molar-refractivity contribution in [3.8, 4) is 0 Å². The average Bonchev–Trinajstić information content (AvgIpc) is 3.34. The van der Waals surface area contributed by atoms with Crippen LogP contribution in [0.2, 0.25) is 5.02 Å². The fourth-order valence-corrected chi connectivity index (χ4v) is 3.34. The molecule has 0 fully saturated rings. The third-order valence-corrected chi connectivity index (χ3v) is 5.07. The monoisotopic (exact) mass is 411 g/mol. The molecule has 2 amide bonds. The number of carbonyl (C=O) groups is 2. The van der Waals surface area contributed by atoms with Crippen molar-refractivity contribution in [1.82, 2.24) is 14.3 Å². The van der Waals surface area contributed by atoms with Crippen LogP contribution in [0.5, 0.6) is 0 Å². The number of primary amides is 1. The third kappa shape index (κ3) is 3.38. The predicted molar refractivity (Wildman–Crippen MR) is 109 cm³/mol. The second kappa shape index (κ2) is 7.14. The molecule has 29 heavy (non-hydrogen) atoms. The molecule has 0 radical (unpaired) electrons. The van der Waals surface area contributed by atoms with E-state index in [9.17, 15) is 9.59 Å². The zero-order valence-corrected chi connectivity index (χ0v) is 16.5. The van der Waals surface area contributed by atoms with Crippen molar-refractivity contribution in [1.29, 1.82) is 0 Å². The summed E-state index contributed by atoms with van der Waals surface area (Å²) in [6, 6.07) is 10.8. The van der Waals surface area contributed by atoms with Crippen molar-refractivity contribution in [3.63, 3.8) is 0 Å². The lowest BCUT2D eigenvalue weighted by Gasteiger charge is -2.11. The smallest absolute Gasteiger partial charge is 0.272 e. The van der Waals surface area contributed by atoms with Crippen molar-refractivity contribution >= 4 is 40.2 Å². The van der Waals surface area contributed by atoms with E-state index < -0.39 is 11.8 Å². The molecule has 3 N–H and O–H groups in total. The highest BCUT2D eigenvalue weighted by Gasteiger charge is 2.23. The highest BCUT2D eigenvalue weighted by Crippen LogP contribution is 2.25. The van der Waals surface area contributed by atoms with Gasteiger partial charge in [-0.2, -0.15) is 5.10 Å². The summed E-state index contributed by atoms with van der Waals surface area (Å²) in [6.45, 7) is 2.19. The molecule has 148 valence electrons. The van der Waals surface area contributed by atoms with E-state index in [0.717, 1.165) is 11.1 Å². The summed E-state index contributed by atoms with van der Waals surface area (Å²) in [5.41, 5.74) is 9.04. The maximum Gasteiger partial charge on any atom is 0.272 e. The van der Waals surface area contributed by atoms with E-state index in [1.54, 1.807) is 44.5 Å². The van der Waals surface area contributed by atoms with Gasteiger partial charge in [0.1, 0.15) is 5.69 Å². The number of rotatable bonds is 5. The Morgan fingerprint density at radius 2 is 1.97 bits per heavy atom. The molecule has 1 aromatic carbocycles. The molecule has 3 heterocycles. The van der Waals surface area contributed by atoms with Gasteiger partial charge in [0.05, 0.1) is 23.2 Å². The Kier molecular flexibility index (Phi) is 4.63. The Hall–Kier alpha value is -3.52. The first-order valence-corrected chi connectivity index (χ1v) is 9.19. The lowest BCUT2D eigenvalue weighted by molar-refractivity contribution is 0.0995. The van der Waals surface area contributed by atoms with Gasteiger partial charge >= 0.3 is 0 Å². The molecular formula is C20H18ClN5O3. The molecule has 9 heteroatoms. The van der Waals surface area contributed by atoms with E-state index in [-0.39, 0.29) is 5.69 Å². The Labute approximate surface area is 170 Å². The van der Waals surface area contributed by atoms with Crippen LogP contribution in [-0.2, 0) is 13.6 Å². The van der Waals surface area contributed by atoms with Crippen LogP contribution in [-0.4, -0.2) is 26.2 Å². The average molecular weight is 412 g/mol. The van der Waals surface area contributed by atoms with Gasteiger partial charge in [-0.1, -0.05) is 23.7 Å². The maximum absolute atomic E-state index is 13.1. The van der Waals surface area contributed by atoms with Crippen LogP contribution in [0.3, 0.4) is 0 Å². The summed E-state index contributed by atoms with van der Waals surface area (Å²) in [6.07, 6.45) is 1.57. The van der Waals surface area contributed by atoms with Crippen LogP contribution in [0.1, 0.15) is 32.2 Å². The molecule has 0 aliphatic heterocycles. The zero-order valence-electron chi connectivity index (χ0n) is 15.8. The minimum Gasteiger partial charge on any atom is -0.463 e. The molecule has 0 saturated carbocycles. The second-order valence-corrected chi connectivity index (χ2v) is 7.10. The fraction of sp³-hybridized carbons (Fsp3) is 0.150. The Balaban J connectivity index is 1.73. The van der Waals surface area contributed by atoms with Gasteiger partial charge in [-0.05, 0) is 24.6 Å². The number of fused-ring (bicyclic) bond motifs is 1. The number of nitrogens with two attached hydrogens (primary N) is 1. The van der Waals surface area contributed by atoms with Crippen LogP contribution >= 0.6 is 11.6 Å². The van der Waals surface area contributed by atoms with Gasteiger partial charge in [0, 0.05) is 30.7 Å². The van der Waals surface area contributed by atoms with Crippen molar-refractivity contribution in [3.05, 3.63) is 70.3 Å². The van der Waals surface area contributed by atoms with Crippen LogP contribution in [0, 0.1) is 6.92 Å². The summed E-state index contributed by atoms with van der Waals surface area (Å²) in [4.78, 5) is 24.8. The van der Waals surface area contributed by atoms with Gasteiger partial charge in [-0.3, -0.25) is 14.3 Å². The third-order valence-electron chi connectivity index (χ3n) is 4.82. The number of nitrogens with zero attached hydrogens (tertiary/aromatic N) is 3. The number of aryl methyl sites for hydroxylation is 1. The maximum atomic E-state index is 13.1. The number of hydrogen-bond acceptors (Lipinski definition) is 4. The molecule has 8 nitrogen and oxygen atoms in total. The standard InChI is InChI=1S/C20H18ClN5O3/c1-11-17(18(19(22)27)24-25(11)2)23-20(28)15-9-16-14(7-8-29-16)26(15)10-12-3-5-13(21)6-4-12/h3-9H,10H2,1-2H3,(H2,22,27)(H,23,28). The number of benzene rings is 1. The molecule has 0 saturated heterocycles. The first kappa shape index (κ1) is 18.8. The number of amides is 2.